The summed E-state index contributed by atoms with van der Waals surface area (Å²) in [6.07, 6.45) is 3.70. The van der Waals surface area contributed by atoms with Crippen molar-refractivity contribution in [2.24, 2.45) is 0 Å². The Kier molecular flexibility index (Phi) is 6.18. The van der Waals surface area contributed by atoms with Gasteiger partial charge < -0.3 is 5.32 Å². The van der Waals surface area contributed by atoms with Crippen LogP contribution in [0.2, 0.25) is 10.0 Å². The van der Waals surface area contributed by atoms with Crippen molar-refractivity contribution in [3.8, 4) is 0 Å². The standard InChI is InChI=1S/C13H19Cl2N/c1-3-4-5-10(2)16-9-11-8-12(14)6-7-13(11)15/h6-8,10,16H,3-5,9H2,1-2H3. The van der Waals surface area contributed by atoms with E-state index in [-0.39, 0.29) is 0 Å². The Bertz CT molecular complexity index is 326. The lowest BCUT2D eigenvalue weighted by atomic mass is 10.1. The second-order valence-corrected chi connectivity index (χ2v) is 5.00. The number of benzene rings is 1. The van der Waals surface area contributed by atoms with Gasteiger partial charge in [0, 0.05) is 22.6 Å². The van der Waals surface area contributed by atoms with Crippen LogP contribution in [-0.2, 0) is 6.54 Å². The monoisotopic (exact) mass is 259 g/mol. The third-order valence-corrected chi connectivity index (χ3v) is 3.24. The van der Waals surface area contributed by atoms with Crippen molar-refractivity contribution in [2.75, 3.05) is 0 Å². The molecular weight excluding hydrogens is 241 g/mol. The van der Waals surface area contributed by atoms with Gasteiger partial charge in [-0.1, -0.05) is 43.0 Å². The maximum absolute atomic E-state index is 6.09. The summed E-state index contributed by atoms with van der Waals surface area (Å²) in [6, 6.07) is 6.10. The van der Waals surface area contributed by atoms with Gasteiger partial charge in [0.25, 0.3) is 0 Å². The summed E-state index contributed by atoms with van der Waals surface area (Å²) in [7, 11) is 0. The van der Waals surface area contributed by atoms with E-state index in [4.69, 9.17) is 23.2 Å². The van der Waals surface area contributed by atoms with Gasteiger partial charge in [0.2, 0.25) is 0 Å². The molecule has 1 aromatic rings. The van der Waals surface area contributed by atoms with E-state index in [0.717, 1.165) is 22.2 Å². The van der Waals surface area contributed by atoms with Crippen molar-refractivity contribution >= 4 is 23.2 Å². The predicted octanol–water partition coefficient (Wildman–Crippen LogP) is 4.66. The summed E-state index contributed by atoms with van der Waals surface area (Å²) in [5, 5.41) is 4.97. The number of rotatable bonds is 6. The highest BCUT2D eigenvalue weighted by atomic mass is 35.5. The molecule has 1 atom stereocenters. The van der Waals surface area contributed by atoms with Crippen LogP contribution >= 0.6 is 23.2 Å². The first kappa shape index (κ1) is 13.8. The molecule has 0 saturated carbocycles. The van der Waals surface area contributed by atoms with Crippen LogP contribution in [-0.4, -0.2) is 6.04 Å². The largest absolute Gasteiger partial charge is 0.310 e. The molecule has 1 aromatic carbocycles. The molecule has 0 aliphatic carbocycles. The first-order chi connectivity index (χ1) is 7.63. The molecule has 90 valence electrons. The average Bonchev–Trinajstić information content (AvgIpc) is 2.27. The summed E-state index contributed by atoms with van der Waals surface area (Å²) in [5.41, 5.74) is 1.07. The molecule has 0 amide bonds. The molecule has 1 N–H and O–H groups in total. The lowest BCUT2D eigenvalue weighted by molar-refractivity contribution is 0.495. The van der Waals surface area contributed by atoms with Gasteiger partial charge in [-0.15, -0.1) is 0 Å². The van der Waals surface area contributed by atoms with Crippen molar-refractivity contribution in [1.29, 1.82) is 0 Å². The molecule has 1 nitrogen and oxygen atoms in total. The summed E-state index contributed by atoms with van der Waals surface area (Å²) < 4.78 is 0. The third-order valence-electron chi connectivity index (χ3n) is 2.64. The Balaban J connectivity index is 2.44. The molecule has 0 bridgehead atoms. The van der Waals surface area contributed by atoms with E-state index in [0.29, 0.717) is 6.04 Å². The van der Waals surface area contributed by atoms with Crippen molar-refractivity contribution in [2.45, 2.75) is 45.7 Å². The summed E-state index contributed by atoms with van der Waals surface area (Å²) >= 11 is 12.0. The van der Waals surface area contributed by atoms with Gasteiger partial charge in [0.1, 0.15) is 0 Å². The Labute approximate surface area is 108 Å². The molecule has 3 heteroatoms. The van der Waals surface area contributed by atoms with Crippen LogP contribution in [0.5, 0.6) is 0 Å². The molecule has 0 heterocycles. The minimum Gasteiger partial charge on any atom is -0.310 e. The molecular formula is C13H19Cl2N. The van der Waals surface area contributed by atoms with Crippen LogP contribution in [0, 0.1) is 0 Å². The van der Waals surface area contributed by atoms with Crippen LogP contribution in [0.3, 0.4) is 0 Å². The predicted molar refractivity (Wildman–Crippen MR) is 72.3 cm³/mol. The summed E-state index contributed by atoms with van der Waals surface area (Å²) in [5.74, 6) is 0. The fourth-order valence-corrected chi connectivity index (χ4v) is 1.95. The molecule has 0 aliphatic rings. The molecule has 0 saturated heterocycles. The lowest BCUT2D eigenvalue weighted by Crippen LogP contribution is -2.25. The van der Waals surface area contributed by atoms with Gasteiger partial charge in [-0.2, -0.15) is 0 Å². The van der Waals surface area contributed by atoms with E-state index in [1.54, 1.807) is 0 Å². The van der Waals surface area contributed by atoms with Gasteiger partial charge in [-0.05, 0) is 37.1 Å². The van der Waals surface area contributed by atoms with Gasteiger partial charge in [0.05, 0.1) is 0 Å². The van der Waals surface area contributed by atoms with Gasteiger partial charge >= 0.3 is 0 Å². The Hall–Kier alpha value is -0.240. The van der Waals surface area contributed by atoms with E-state index in [1.165, 1.54) is 19.3 Å². The molecule has 0 spiro atoms. The zero-order chi connectivity index (χ0) is 12.0. The summed E-state index contributed by atoms with van der Waals surface area (Å²) in [6.45, 7) is 5.19. The number of hydrogen-bond donors (Lipinski definition) is 1. The number of unbranched alkanes of at least 4 members (excludes halogenated alkanes) is 1. The molecule has 1 unspecified atom stereocenters. The minimum absolute atomic E-state index is 0.523. The highest BCUT2D eigenvalue weighted by molar-refractivity contribution is 6.33. The molecule has 0 aliphatic heterocycles. The molecule has 0 aromatic heterocycles. The molecule has 1 rings (SSSR count). The zero-order valence-electron chi connectivity index (χ0n) is 9.89. The van der Waals surface area contributed by atoms with Crippen molar-refractivity contribution in [3.05, 3.63) is 33.8 Å². The lowest BCUT2D eigenvalue weighted by Gasteiger charge is -2.14. The van der Waals surface area contributed by atoms with E-state index < -0.39 is 0 Å². The maximum Gasteiger partial charge on any atom is 0.0451 e. The van der Waals surface area contributed by atoms with Crippen LogP contribution in [0.25, 0.3) is 0 Å². The first-order valence-electron chi connectivity index (χ1n) is 5.80. The average molecular weight is 260 g/mol. The van der Waals surface area contributed by atoms with E-state index >= 15 is 0 Å². The van der Waals surface area contributed by atoms with Crippen LogP contribution < -0.4 is 5.32 Å². The molecule has 0 radical (unpaired) electrons. The van der Waals surface area contributed by atoms with Crippen molar-refractivity contribution < 1.29 is 0 Å². The Morgan fingerprint density at radius 1 is 1.31 bits per heavy atom. The minimum atomic E-state index is 0.523. The number of hydrogen-bond acceptors (Lipinski definition) is 1. The normalized spacial score (nSPS) is 12.8. The van der Waals surface area contributed by atoms with Crippen molar-refractivity contribution in [3.63, 3.8) is 0 Å². The molecule has 16 heavy (non-hydrogen) atoms. The van der Waals surface area contributed by atoms with E-state index in [2.05, 4.69) is 19.2 Å². The quantitative estimate of drug-likeness (QED) is 0.784. The number of halogens is 2. The first-order valence-corrected chi connectivity index (χ1v) is 6.56. The highest BCUT2D eigenvalue weighted by Crippen LogP contribution is 2.20. The van der Waals surface area contributed by atoms with Crippen molar-refractivity contribution in [1.82, 2.24) is 5.32 Å². The fourth-order valence-electron chi connectivity index (χ4n) is 1.58. The zero-order valence-corrected chi connectivity index (χ0v) is 11.4. The maximum atomic E-state index is 6.09. The fraction of sp³-hybridized carbons (Fsp3) is 0.538. The van der Waals surface area contributed by atoms with Gasteiger partial charge in [-0.25, -0.2) is 0 Å². The highest BCUT2D eigenvalue weighted by Gasteiger charge is 2.04. The third kappa shape index (κ3) is 4.73. The Morgan fingerprint density at radius 3 is 2.75 bits per heavy atom. The van der Waals surface area contributed by atoms with E-state index in [1.807, 2.05) is 18.2 Å². The van der Waals surface area contributed by atoms with Gasteiger partial charge in [-0.3, -0.25) is 0 Å². The smallest absolute Gasteiger partial charge is 0.0451 e. The topological polar surface area (TPSA) is 12.0 Å². The van der Waals surface area contributed by atoms with Crippen LogP contribution in [0.1, 0.15) is 38.7 Å². The van der Waals surface area contributed by atoms with Crippen LogP contribution in [0.4, 0.5) is 0 Å². The Morgan fingerprint density at radius 2 is 2.06 bits per heavy atom. The van der Waals surface area contributed by atoms with E-state index in [9.17, 15) is 0 Å². The second kappa shape index (κ2) is 7.16. The van der Waals surface area contributed by atoms with Gasteiger partial charge in [0.15, 0.2) is 0 Å². The number of nitrogens with one attached hydrogen (secondary N) is 1. The summed E-state index contributed by atoms with van der Waals surface area (Å²) in [4.78, 5) is 0. The molecule has 0 fully saturated rings. The second-order valence-electron chi connectivity index (χ2n) is 4.16. The SMILES string of the molecule is CCCCC(C)NCc1cc(Cl)ccc1Cl. The van der Waals surface area contributed by atoms with Crippen LogP contribution in [0.15, 0.2) is 18.2 Å².